The summed E-state index contributed by atoms with van der Waals surface area (Å²) in [4.78, 5) is 0. The van der Waals surface area contributed by atoms with E-state index in [1.807, 2.05) is 0 Å². The van der Waals surface area contributed by atoms with Gasteiger partial charge < -0.3 is 5.32 Å². The Balaban J connectivity index is 2.58. The highest BCUT2D eigenvalue weighted by molar-refractivity contribution is 7.91. The van der Waals surface area contributed by atoms with Crippen LogP contribution in [0.25, 0.3) is 0 Å². The Labute approximate surface area is 112 Å². The van der Waals surface area contributed by atoms with Gasteiger partial charge in [0.15, 0.2) is 9.84 Å². The maximum absolute atomic E-state index is 13.6. The van der Waals surface area contributed by atoms with Crippen LogP contribution in [0.3, 0.4) is 0 Å². The fraction of sp³-hybridized carbons (Fsp3) is 0.500. The molecule has 0 saturated carbocycles. The van der Waals surface area contributed by atoms with Crippen molar-refractivity contribution in [3.63, 3.8) is 0 Å². The lowest BCUT2D eigenvalue weighted by molar-refractivity contribution is 0.541. The van der Waals surface area contributed by atoms with Crippen LogP contribution < -0.4 is 5.32 Å². The largest absolute Gasteiger partial charge is 0.309 e. The van der Waals surface area contributed by atoms with Crippen molar-refractivity contribution in [2.75, 3.05) is 11.5 Å². The molecule has 102 valence electrons. The Bertz CT molecular complexity index is 505. The maximum Gasteiger partial charge on any atom is 0.151 e. The van der Waals surface area contributed by atoms with Crippen molar-refractivity contribution in [1.29, 1.82) is 0 Å². The molecule has 0 fully saturated rings. The van der Waals surface area contributed by atoms with E-state index in [2.05, 4.69) is 5.32 Å². The second-order valence-electron chi connectivity index (χ2n) is 4.19. The van der Waals surface area contributed by atoms with Gasteiger partial charge in [0, 0.05) is 23.9 Å². The van der Waals surface area contributed by atoms with Gasteiger partial charge in [0.2, 0.25) is 0 Å². The predicted molar refractivity (Wildman–Crippen MR) is 72.0 cm³/mol. The molecule has 0 bridgehead atoms. The lowest BCUT2D eigenvalue weighted by Crippen LogP contribution is -2.33. The average Bonchev–Trinajstić information content (AvgIpc) is 2.30. The van der Waals surface area contributed by atoms with Crippen LogP contribution in [-0.4, -0.2) is 26.0 Å². The minimum absolute atomic E-state index is 0.0473. The zero-order valence-corrected chi connectivity index (χ0v) is 12.0. The first-order chi connectivity index (χ1) is 8.35. The summed E-state index contributed by atoms with van der Waals surface area (Å²) < 4.78 is 36.4. The zero-order chi connectivity index (χ0) is 13.8. The maximum atomic E-state index is 13.6. The molecule has 0 aliphatic heterocycles. The lowest BCUT2D eigenvalue weighted by Gasteiger charge is -2.14. The molecule has 1 aromatic rings. The molecule has 0 heterocycles. The molecule has 0 aliphatic rings. The summed E-state index contributed by atoms with van der Waals surface area (Å²) in [7, 11) is -3.02. The number of rotatable bonds is 6. The molecule has 0 aromatic heterocycles. The van der Waals surface area contributed by atoms with Crippen molar-refractivity contribution in [3.05, 3.63) is 34.6 Å². The van der Waals surface area contributed by atoms with Crippen molar-refractivity contribution < 1.29 is 12.8 Å². The number of hydrogen-bond acceptors (Lipinski definition) is 3. The van der Waals surface area contributed by atoms with Crippen molar-refractivity contribution in [3.8, 4) is 0 Å². The Kier molecular flexibility index (Phi) is 5.56. The van der Waals surface area contributed by atoms with Crippen molar-refractivity contribution in [1.82, 2.24) is 5.32 Å². The van der Waals surface area contributed by atoms with E-state index in [1.165, 1.54) is 6.07 Å². The minimum atomic E-state index is -3.02. The summed E-state index contributed by atoms with van der Waals surface area (Å²) in [5.41, 5.74) is 0.434. The van der Waals surface area contributed by atoms with E-state index in [1.54, 1.807) is 26.0 Å². The predicted octanol–water partition coefficient (Wildman–Crippen LogP) is 2.39. The quantitative estimate of drug-likeness (QED) is 0.876. The minimum Gasteiger partial charge on any atom is -0.309 e. The number of halogens is 2. The lowest BCUT2D eigenvalue weighted by atomic mass is 10.2. The summed E-state index contributed by atoms with van der Waals surface area (Å²) in [5, 5.41) is 3.05. The molecule has 1 rings (SSSR count). The zero-order valence-electron chi connectivity index (χ0n) is 10.4. The standard InChI is InChI=1S/C12H17ClFNO2S/c1-3-18(16,17)8-9(2)15-7-10-5-4-6-11(13)12(10)14/h4-6,9,15H,3,7-8H2,1-2H3/t9-/m1/s1. The Morgan fingerprint density at radius 1 is 1.44 bits per heavy atom. The van der Waals surface area contributed by atoms with Crippen LogP contribution >= 0.6 is 11.6 Å². The second-order valence-corrected chi connectivity index (χ2v) is 7.00. The first kappa shape index (κ1) is 15.4. The first-order valence-corrected chi connectivity index (χ1v) is 7.92. The Hall–Kier alpha value is -0.650. The molecule has 1 atom stereocenters. The third kappa shape index (κ3) is 4.55. The molecule has 18 heavy (non-hydrogen) atoms. The van der Waals surface area contributed by atoms with Gasteiger partial charge in [0.25, 0.3) is 0 Å². The van der Waals surface area contributed by atoms with Crippen molar-refractivity contribution in [2.24, 2.45) is 0 Å². The fourth-order valence-electron chi connectivity index (χ4n) is 1.53. The SMILES string of the molecule is CCS(=O)(=O)C[C@@H](C)NCc1cccc(Cl)c1F. The average molecular weight is 294 g/mol. The number of nitrogens with one attached hydrogen (secondary N) is 1. The van der Waals surface area contributed by atoms with Crippen LogP contribution in [0.2, 0.25) is 5.02 Å². The number of hydrogen-bond donors (Lipinski definition) is 1. The van der Waals surface area contributed by atoms with Gasteiger partial charge in [0.1, 0.15) is 5.82 Å². The molecule has 1 aromatic carbocycles. The van der Waals surface area contributed by atoms with E-state index in [0.29, 0.717) is 5.56 Å². The normalized spacial score (nSPS) is 13.6. The number of benzene rings is 1. The Morgan fingerprint density at radius 2 is 2.11 bits per heavy atom. The highest BCUT2D eigenvalue weighted by atomic mass is 35.5. The summed E-state index contributed by atoms with van der Waals surface area (Å²) in [6.07, 6.45) is 0. The molecular weight excluding hydrogens is 277 g/mol. The van der Waals surface area contributed by atoms with Gasteiger partial charge in [-0.3, -0.25) is 0 Å². The highest BCUT2D eigenvalue weighted by Gasteiger charge is 2.14. The molecule has 0 spiro atoms. The van der Waals surface area contributed by atoms with Crippen LogP contribution in [0.15, 0.2) is 18.2 Å². The smallest absolute Gasteiger partial charge is 0.151 e. The molecule has 6 heteroatoms. The van der Waals surface area contributed by atoms with Gasteiger partial charge in [-0.15, -0.1) is 0 Å². The third-order valence-electron chi connectivity index (χ3n) is 2.62. The van der Waals surface area contributed by atoms with Gasteiger partial charge in [0.05, 0.1) is 10.8 Å². The van der Waals surface area contributed by atoms with E-state index in [0.717, 1.165) is 0 Å². The molecule has 0 amide bonds. The van der Waals surface area contributed by atoms with E-state index in [-0.39, 0.29) is 29.1 Å². The molecule has 3 nitrogen and oxygen atoms in total. The van der Waals surface area contributed by atoms with Crippen LogP contribution in [0.4, 0.5) is 4.39 Å². The highest BCUT2D eigenvalue weighted by Crippen LogP contribution is 2.17. The fourth-order valence-corrected chi connectivity index (χ4v) is 2.84. The van der Waals surface area contributed by atoms with Crippen LogP contribution in [0.1, 0.15) is 19.4 Å². The summed E-state index contributed by atoms with van der Waals surface area (Å²) in [5.74, 6) is -0.298. The van der Waals surface area contributed by atoms with Crippen LogP contribution in [0.5, 0.6) is 0 Å². The Morgan fingerprint density at radius 3 is 2.72 bits per heavy atom. The van der Waals surface area contributed by atoms with Crippen molar-refractivity contribution in [2.45, 2.75) is 26.4 Å². The molecule has 0 unspecified atom stereocenters. The monoisotopic (exact) mass is 293 g/mol. The molecular formula is C12H17ClFNO2S. The molecule has 0 radical (unpaired) electrons. The van der Waals surface area contributed by atoms with Gasteiger partial charge in [-0.1, -0.05) is 30.7 Å². The third-order valence-corrected chi connectivity index (χ3v) is 4.80. The second kappa shape index (κ2) is 6.50. The van der Waals surface area contributed by atoms with Crippen LogP contribution in [-0.2, 0) is 16.4 Å². The molecule has 0 saturated heterocycles. The van der Waals surface area contributed by atoms with E-state index < -0.39 is 15.7 Å². The summed E-state index contributed by atoms with van der Waals surface area (Å²) in [6, 6.07) is 4.53. The first-order valence-electron chi connectivity index (χ1n) is 5.72. The number of sulfone groups is 1. The van der Waals surface area contributed by atoms with E-state index in [4.69, 9.17) is 11.6 Å². The van der Waals surface area contributed by atoms with Gasteiger partial charge >= 0.3 is 0 Å². The van der Waals surface area contributed by atoms with Gasteiger partial charge in [-0.2, -0.15) is 0 Å². The molecule has 1 N–H and O–H groups in total. The van der Waals surface area contributed by atoms with Crippen molar-refractivity contribution >= 4 is 21.4 Å². The van der Waals surface area contributed by atoms with Gasteiger partial charge in [-0.05, 0) is 13.0 Å². The van der Waals surface area contributed by atoms with E-state index in [9.17, 15) is 12.8 Å². The summed E-state index contributed by atoms with van der Waals surface area (Å²) >= 11 is 5.66. The van der Waals surface area contributed by atoms with E-state index >= 15 is 0 Å². The van der Waals surface area contributed by atoms with Gasteiger partial charge in [-0.25, -0.2) is 12.8 Å². The van der Waals surface area contributed by atoms with Crippen LogP contribution in [0, 0.1) is 5.82 Å². The molecule has 0 aliphatic carbocycles. The topological polar surface area (TPSA) is 46.2 Å². The summed E-state index contributed by atoms with van der Waals surface area (Å²) in [6.45, 7) is 3.63.